The van der Waals surface area contributed by atoms with Gasteiger partial charge in [0, 0.05) is 17.8 Å². The van der Waals surface area contributed by atoms with E-state index in [4.69, 9.17) is 0 Å². The van der Waals surface area contributed by atoms with E-state index < -0.39 is 11.6 Å². The Morgan fingerprint density at radius 1 is 1.20 bits per heavy atom. The maximum absolute atomic E-state index is 13.7. The minimum Gasteiger partial charge on any atom is -0.342 e. The van der Waals surface area contributed by atoms with Gasteiger partial charge in [0.25, 0.3) is 0 Å². The van der Waals surface area contributed by atoms with Gasteiger partial charge < -0.3 is 4.57 Å². The van der Waals surface area contributed by atoms with Gasteiger partial charge in [0.05, 0.1) is 17.6 Å². The molecule has 0 aliphatic rings. The topological polar surface area (TPSA) is 17.8 Å². The Morgan fingerprint density at radius 3 is 2.75 bits per heavy atom. The van der Waals surface area contributed by atoms with Crippen molar-refractivity contribution in [3.05, 3.63) is 63.9 Å². The smallest absolute Gasteiger partial charge is 0.131 e. The third kappa shape index (κ3) is 2.33. The van der Waals surface area contributed by atoms with Crippen molar-refractivity contribution in [2.45, 2.75) is 13.5 Å². The van der Waals surface area contributed by atoms with Crippen LogP contribution in [-0.4, -0.2) is 9.55 Å². The highest BCUT2D eigenvalue weighted by atomic mass is 79.9. The van der Waals surface area contributed by atoms with Crippen LogP contribution in [0.5, 0.6) is 0 Å². The number of fused-ring (bicyclic) bond motifs is 1. The second kappa shape index (κ2) is 4.98. The summed E-state index contributed by atoms with van der Waals surface area (Å²) >= 11 is 3.39. The molecule has 0 spiro atoms. The molecule has 0 radical (unpaired) electrons. The number of hydrogen-bond donors (Lipinski definition) is 0. The summed E-state index contributed by atoms with van der Waals surface area (Å²) in [5.74, 6) is -1.10. The number of rotatable bonds is 2. The molecule has 3 aromatic rings. The summed E-state index contributed by atoms with van der Waals surface area (Å²) in [7, 11) is 0. The highest BCUT2D eigenvalue weighted by Crippen LogP contribution is 2.22. The molecule has 3 rings (SSSR count). The van der Waals surface area contributed by atoms with Crippen molar-refractivity contribution in [2.24, 2.45) is 0 Å². The van der Waals surface area contributed by atoms with E-state index in [9.17, 15) is 8.78 Å². The van der Waals surface area contributed by atoms with Crippen LogP contribution in [0.4, 0.5) is 8.78 Å². The molecule has 2 heterocycles. The Kier molecular flexibility index (Phi) is 3.30. The van der Waals surface area contributed by atoms with Gasteiger partial charge in [-0.15, -0.1) is 0 Å². The van der Waals surface area contributed by atoms with Gasteiger partial charge in [-0.05, 0) is 46.6 Å². The van der Waals surface area contributed by atoms with Gasteiger partial charge in [0.15, 0.2) is 0 Å². The van der Waals surface area contributed by atoms with Gasteiger partial charge in [-0.3, -0.25) is 0 Å². The van der Waals surface area contributed by atoms with E-state index in [0.717, 1.165) is 27.3 Å². The largest absolute Gasteiger partial charge is 0.342 e. The average molecular weight is 337 g/mol. The first-order valence-corrected chi connectivity index (χ1v) is 6.90. The van der Waals surface area contributed by atoms with Crippen molar-refractivity contribution >= 4 is 27.0 Å². The number of pyridine rings is 1. The number of halogens is 3. The van der Waals surface area contributed by atoms with Crippen LogP contribution in [-0.2, 0) is 6.54 Å². The number of aryl methyl sites for hydroxylation is 1. The highest BCUT2D eigenvalue weighted by Gasteiger charge is 2.09. The fourth-order valence-electron chi connectivity index (χ4n) is 2.15. The van der Waals surface area contributed by atoms with Gasteiger partial charge in [-0.2, -0.15) is 0 Å². The van der Waals surface area contributed by atoms with E-state index in [1.807, 2.05) is 29.8 Å². The van der Waals surface area contributed by atoms with Crippen LogP contribution in [0.1, 0.15) is 11.1 Å². The monoisotopic (exact) mass is 336 g/mol. The lowest BCUT2D eigenvalue weighted by Crippen LogP contribution is -2.01. The lowest BCUT2D eigenvalue weighted by atomic mass is 10.2. The molecule has 2 nitrogen and oxygen atoms in total. The number of nitrogens with zero attached hydrogens (tertiary/aromatic N) is 2. The van der Waals surface area contributed by atoms with Crippen molar-refractivity contribution in [3.8, 4) is 0 Å². The van der Waals surface area contributed by atoms with E-state index >= 15 is 0 Å². The fraction of sp³-hybridized carbons (Fsp3) is 0.133. The second-order valence-electron chi connectivity index (χ2n) is 4.68. The molecule has 0 atom stereocenters. The lowest BCUT2D eigenvalue weighted by Gasteiger charge is -2.08. The first-order chi connectivity index (χ1) is 9.54. The van der Waals surface area contributed by atoms with Gasteiger partial charge in [-0.1, -0.05) is 6.07 Å². The van der Waals surface area contributed by atoms with E-state index in [-0.39, 0.29) is 0 Å². The molecule has 0 unspecified atom stereocenters. The third-order valence-corrected chi connectivity index (χ3v) is 4.04. The summed E-state index contributed by atoms with van der Waals surface area (Å²) in [6.07, 6.45) is 1.85. The molecule has 0 saturated carbocycles. The predicted molar refractivity (Wildman–Crippen MR) is 77.6 cm³/mol. The van der Waals surface area contributed by atoms with Crippen LogP contribution in [0.3, 0.4) is 0 Å². The first kappa shape index (κ1) is 13.2. The van der Waals surface area contributed by atoms with Crippen LogP contribution in [0.2, 0.25) is 0 Å². The number of benzene rings is 1. The molecule has 0 fully saturated rings. The summed E-state index contributed by atoms with van der Waals surface area (Å²) in [5, 5.41) is 0. The Hall–Kier alpha value is -1.75. The average Bonchev–Trinajstić information content (AvgIpc) is 2.76. The Balaban J connectivity index is 2.04. The molecular weight excluding hydrogens is 326 g/mol. The van der Waals surface area contributed by atoms with Gasteiger partial charge in [0.2, 0.25) is 0 Å². The zero-order chi connectivity index (χ0) is 14.3. The second-order valence-corrected chi connectivity index (χ2v) is 5.43. The van der Waals surface area contributed by atoms with Crippen LogP contribution in [0.15, 0.2) is 41.1 Å². The molecule has 1 aromatic carbocycles. The highest BCUT2D eigenvalue weighted by molar-refractivity contribution is 9.10. The predicted octanol–water partition coefficient (Wildman–Crippen LogP) is 4.43. The zero-order valence-electron chi connectivity index (χ0n) is 10.7. The van der Waals surface area contributed by atoms with Crippen molar-refractivity contribution < 1.29 is 8.78 Å². The zero-order valence-corrected chi connectivity index (χ0v) is 12.3. The number of hydrogen-bond acceptors (Lipinski definition) is 1. The maximum atomic E-state index is 13.7. The summed E-state index contributed by atoms with van der Waals surface area (Å²) in [6.45, 7) is 2.30. The lowest BCUT2D eigenvalue weighted by molar-refractivity contribution is 0.567. The fourth-order valence-corrected chi connectivity index (χ4v) is 2.46. The molecule has 20 heavy (non-hydrogen) atoms. The Labute approximate surface area is 123 Å². The standard InChI is InChI=1S/C15H11BrF2N2/c1-9-6-14-13(19-15(9)16)4-5-20(14)8-10-2-3-11(17)7-12(10)18/h2-7H,8H2,1H3. The third-order valence-electron chi connectivity index (χ3n) is 3.24. The molecule has 0 bridgehead atoms. The van der Waals surface area contributed by atoms with Crippen molar-refractivity contribution in [2.75, 3.05) is 0 Å². The van der Waals surface area contributed by atoms with E-state index in [0.29, 0.717) is 12.1 Å². The first-order valence-electron chi connectivity index (χ1n) is 6.10. The summed E-state index contributed by atoms with van der Waals surface area (Å²) in [5.41, 5.74) is 3.22. The molecule has 5 heteroatoms. The van der Waals surface area contributed by atoms with Gasteiger partial charge in [0.1, 0.15) is 16.2 Å². The molecule has 0 aliphatic heterocycles. The Bertz CT molecular complexity index is 796. The minimum absolute atomic E-state index is 0.346. The molecule has 2 aromatic heterocycles. The van der Waals surface area contributed by atoms with Crippen LogP contribution in [0, 0.1) is 18.6 Å². The number of aromatic nitrogens is 2. The quantitative estimate of drug-likeness (QED) is 0.633. The van der Waals surface area contributed by atoms with Crippen molar-refractivity contribution in [1.82, 2.24) is 9.55 Å². The molecule has 0 aliphatic carbocycles. The van der Waals surface area contributed by atoms with E-state index in [1.165, 1.54) is 12.1 Å². The molecular formula is C15H11BrF2N2. The summed E-state index contributed by atoms with van der Waals surface area (Å²) in [6, 6.07) is 7.51. The van der Waals surface area contributed by atoms with E-state index in [1.54, 1.807) is 0 Å². The van der Waals surface area contributed by atoms with E-state index in [2.05, 4.69) is 20.9 Å². The summed E-state index contributed by atoms with van der Waals surface area (Å²) < 4.78 is 29.3. The van der Waals surface area contributed by atoms with Crippen LogP contribution in [0.25, 0.3) is 11.0 Å². The SMILES string of the molecule is Cc1cc2c(ccn2Cc2ccc(F)cc2F)nc1Br. The molecule has 0 saturated heterocycles. The summed E-state index contributed by atoms with van der Waals surface area (Å²) in [4.78, 5) is 4.42. The van der Waals surface area contributed by atoms with Crippen molar-refractivity contribution in [3.63, 3.8) is 0 Å². The van der Waals surface area contributed by atoms with Crippen molar-refractivity contribution in [1.29, 1.82) is 0 Å². The molecule has 0 amide bonds. The normalized spacial score (nSPS) is 11.2. The van der Waals surface area contributed by atoms with Gasteiger partial charge >= 0.3 is 0 Å². The minimum atomic E-state index is -0.565. The maximum Gasteiger partial charge on any atom is 0.131 e. The van der Waals surface area contributed by atoms with Crippen LogP contribution >= 0.6 is 15.9 Å². The van der Waals surface area contributed by atoms with Gasteiger partial charge in [-0.25, -0.2) is 13.8 Å². The molecule has 102 valence electrons. The van der Waals surface area contributed by atoms with Crippen LogP contribution < -0.4 is 0 Å². The molecule has 0 N–H and O–H groups in total. The Morgan fingerprint density at radius 2 is 2.00 bits per heavy atom.